The molecule has 114 valence electrons. The average Bonchev–Trinajstić information content (AvgIpc) is 2.48. The first-order valence-corrected chi connectivity index (χ1v) is 6.82. The Morgan fingerprint density at radius 3 is 2.45 bits per heavy atom. The summed E-state index contributed by atoms with van der Waals surface area (Å²) >= 11 is 0. The summed E-state index contributed by atoms with van der Waals surface area (Å²) in [5.41, 5.74) is 6.17. The Kier molecular flexibility index (Phi) is 7.69. The Morgan fingerprint density at radius 1 is 1.20 bits per heavy atom. The van der Waals surface area contributed by atoms with E-state index in [9.17, 15) is 9.50 Å². The summed E-state index contributed by atoms with van der Waals surface area (Å²) in [4.78, 5) is 0. The Hall–Kier alpha value is -1.01. The van der Waals surface area contributed by atoms with Gasteiger partial charge in [0.2, 0.25) is 0 Å². The van der Waals surface area contributed by atoms with Crippen LogP contribution in [0.25, 0.3) is 0 Å². The summed E-state index contributed by atoms with van der Waals surface area (Å²) < 4.78 is 23.3. The van der Waals surface area contributed by atoms with Crippen molar-refractivity contribution >= 4 is 0 Å². The van der Waals surface area contributed by atoms with Crippen LogP contribution >= 0.6 is 0 Å². The Morgan fingerprint density at radius 2 is 1.90 bits per heavy atom. The van der Waals surface area contributed by atoms with E-state index in [1.807, 2.05) is 0 Å². The van der Waals surface area contributed by atoms with Crippen molar-refractivity contribution in [2.45, 2.75) is 18.3 Å². The highest BCUT2D eigenvalue weighted by Gasteiger charge is 2.29. The van der Waals surface area contributed by atoms with Crippen LogP contribution in [0.15, 0.2) is 24.3 Å². The molecule has 1 atom stereocenters. The van der Waals surface area contributed by atoms with E-state index in [-0.39, 0.29) is 12.4 Å². The molecule has 20 heavy (non-hydrogen) atoms. The number of methoxy groups -OCH3 is 1. The molecule has 0 spiro atoms. The lowest BCUT2D eigenvalue weighted by Crippen LogP contribution is -2.39. The molecule has 0 amide bonds. The summed E-state index contributed by atoms with van der Waals surface area (Å²) in [5.74, 6) is -0.291. The standard InChI is InChI=1S/C15H24FNO3/c1-19-9-10-20-8-2-7-15(11-17,12-18)13-3-5-14(16)6-4-13/h3-6,18H,2,7-12,17H2,1H3. The summed E-state index contributed by atoms with van der Waals surface area (Å²) in [7, 11) is 1.63. The maximum Gasteiger partial charge on any atom is 0.123 e. The molecule has 1 unspecified atom stereocenters. The minimum absolute atomic E-state index is 0.0623. The Labute approximate surface area is 119 Å². The molecular formula is C15H24FNO3. The summed E-state index contributed by atoms with van der Waals surface area (Å²) in [6.07, 6.45) is 1.47. The maximum atomic E-state index is 13.0. The molecular weight excluding hydrogens is 261 g/mol. The quantitative estimate of drug-likeness (QED) is 0.639. The van der Waals surface area contributed by atoms with Gasteiger partial charge in [0.05, 0.1) is 19.8 Å². The molecule has 1 aromatic rings. The van der Waals surface area contributed by atoms with Gasteiger partial charge in [-0.15, -0.1) is 0 Å². The fraction of sp³-hybridized carbons (Fsp3) is 0.600. The molecule has 1 aromatic carbocycles. The monoisotopic (exact) mass is 285 g/mol. The molecule has 0 bridgehead atoms. The third kappa shape index (κ3) is 4.83. The fourth-order valence-electron chi connectivity index (χ4n) is 2.16. The van der Waals surface area contributed by atoms with E-state index in [0.29, 0.717) is 32.8 Å². The van der Waals surface area contributed by atoms with Crippen LogP contribution in [0.3, 0.4) is 0 Å². The Balaban J connectivity index is 2.56. The van der Waals surface area contributed by atoms with Gasteiger partial charge < -0.3 is 20.3 Å². The van der Waals surface area contributed by atoms with Crippen molar-refractivity contribution in [3.63, 3.8) is 0 Å². The van der Waals surface area contributed by atoms with Crippen LogP contribution in [0, 0.1) is 5.82 Å². The summed E-state index contributed by atoms with van der Waals surface area (Å²) in [6, 6.07) is 6.16. The van der Waals surface area contributed by atoms with Crippen LogP contribution in [0.4, 0.5) is 4.39 Å². The number of hydrogen-bond donors (Lipinski definition) is 2. The number of ether oxygens (including phenoxy) is 2. The van der Waals surface area contributed by atoms with Gasteiger partial charge in [-0.3, -0.25) is 0 Å². The largest absolute Gasteiger partial charge is 0.395 e. The lowest BCUT2D eigenvalue weighted by Gasteiger charge is -2.31. The first-order chi connectivity index (χ1) is 9.68. The lowest BCUT2D eigenvalue weighted by atomic mass is 9.77. The molecule has 1 rings (SSSR count). The zero-order valence-electron chi connectivity index (χ0n) is 12.0. The first kappa shape index (κ1) is 17.0. The normalized spacial score (nSPS) is 14.2. The third-order valence-corrected chi connectivity index (χ3v) is 3.53. The van der Waals surface area contributed by atoms with Gasteiger partial charge in [0.1, 0.15) is 5.82 Å². The molecule has 0 aliphatic carbocycles. The molecule has 0 saturated heterocycles. The van der Waals surface area contributed by atoms with Gasteiger partial charge in [0.25, 0.3) is 0 Å². The molecule has 5 heteroatoms. The first-order valence-electron chi connectivity index (χ1n) is 6.82. The highest BCUT2D eigenvalue weighted by atomic mass is 19.1. The fourth-order valence-corrected chi connectivity index (χ4v) is 2.16. The molecule has 0 saturated carbocycles. The molecule has 0 fully saturated rings. The van der Waals surface area contributed by atoms with E-state index in [4.69, 9.17) is 15.2 Å². The van der Waals surface area contributed by atoms with Crippen molar-refractivity contribution in [1.29, 1.82) is 0 Å². The van der Waals surface area contributed by atoms with E-state index < -0.39 is 5.41 Å². The van der Waals surface area contributed by atoms with Crippen molar-refractivity contribution in [1.82, 2.24) is 0 Å². The van der Waals surface area contributed by atoms with Gasteiger partial charge in [-0.05, 0) is 30.5 Å². The SMILES string of the molecule is COCCOCCCC(CN)(CO)c1ccc(F)cc1. The third-order valence-electron chi connectivity index (χ3n) is 3.53. The second kappa shape index (κ2) is 9.02. The van der Waals surface area contributed by atoms with E-state index in [1.54, 1.807) is 19.2 Å². The number of nitrogens with two attached hydrogens (primary N) is 1. The van der Waals surface area contributed by atoms with Crippen molar-refractivity contribution in [3.05, 3.63) is 35.6 Å². The zero-order valence-corrected chi connectivity index (χ0v) is 12.0. The number of hydrogen-bond acceptors (Lipinski definition) is 4. The smallest absolute Gasteiger partial charge is 0.123 e. The topological polar surface area (TPSA) is 64.7 Å². The lowest BCUT2D eigenvalue weighted by molar-refractivity contribution is 0.0641. The van der Waals surface area contributed by atoms with Crippen LogP contribution in [0.2, 0.25) is 0 Å². The van der Waals surface area contributed by atoms with Gasteiger partial charge in [-0.1, -0.05) is 12.1 Å². The molecule has 4 nitrogen and oxygen atoms in total. The van der Waals surface area contributed by atoms with Crippen LogP contribution < -0.4 is 5.73 Å². The van der Waals surface area contributed by atoms with Crippen LogP contribution in [0.1, 0.15) is 18.4 Å². The zero-order chi connectivity index (χ0) is 14.8. The van der Waals surface area contributed by atoms with E-state index >= 15 is 0 Å². The van der Waals surface area contributed by atoms with E-state index in [0.717, 1.165) is 12.0 Å². The predicted molar refractivity (Wildman–Crippen MR) is 76.1 cm³/mol. The number of rotatable bonds is 10. The molecule has 0 heterocycles. The molecule has 0 aliphatic rings. The second-order valence-corrected chi connectivity index (χ2v) is 4.86. The number of benzene rings is 1. The van der Waals surface area contributed by atoms with Crippen LogP contribution in [-0.4, -0.2) is 45.2 Å². The van der Waals surface area contributed by atoms with E-state index in [2.05, 4.69) is 0 Å². The highest BCUT2D eigenvalue weighted by Crippen LogP contribution is 2.28. The highest BCUT2D eigenvalue weighted by molar-refractivity contribution is 5.26. The average molecular weight is 285 g/mol. The second-order valence-electron chi connectivity index (χ2n) is 4.86. The molecule has 0 radical (unpaired) electrons. The van der Waals surface area contributed by atoms with Crippen LogP contribution in [-0.2, 0) is 14.9 Å². The number of aliphatic hydroxyl groups is 1. The predicted octanol–water partition coefficient (Wildman–Crippen LogP) is 1.46. The minimum atomic E-state index is -0.529. The van der Waals surface area contributed by atoms with Crippen LogP contribution in [0.5, 0.6) is 0 Å². The van der Waals surface area contributed by atoms with Gasteiger partial charge in [-0.25, -0.2) is 4.39 Å². The van der Waals surface area contributed by atoms with E-state index in [1.165, 1.54) is 12.1 Å². The molecule has 0 aromatic heterocycles. The van der Waals surface area contributed by atoms with Crippen molar-refractivity contribution in [3.8, 4) is 0 Å². The number of aliphatic hydroxyl groups excluding tert-OH is 1. The maximum absolute atomic E-state index is 13.0. The molecule has 3 N–H and O–H groups in total. The Bertz CT molecular complexity index is 366. The van der Waals surface area contributed by atoms with Crippen molar-refractivity contribution in [2.75, 3.05) is 40.1 Å². The van der Waals surface area contributed by atoms with Crippen molar-refractivity contribution in [2.24, 2.45) is 5.73 Å². The number of halogens is 1. The summed E-state index contributed by atoms with van der Waals surface area (Å²) in [5, 5.41) is 9.71. The van der Waals surface area contributed by atoms with Gasteiger partial charge >= 0.3 is 0 Å². The van der Waals surface area contributed by atoms with Gasteiger partial charge in [-0.2, -0.15) is 0 Å². The summed E-state index contributed by atoms with van der Waals surface area (Å²) in [6.45, 7) is 1.97. The van der Waals surface area contributed by atoms with Gasteiger partial charge in [0.15, 0.2) is 0 Å². The van der Waals surface area contributed by atoms with Crippen molar-refractivity contribution < 1.29 is 19.0 Å². The van der Waals surface area contributed by atoms with Gasteiger partial charge in [0, 0.05) is 25.7 Å². The minimum Gasteiger partial charge on any atom is -0.395 e. The molecule has 0 aliphatic heterocycles.